The van der Waals surface area contributed by atoms with E-state index in [9.17, 15) is 9.59 Å². The standard InChI is InChI=1S/C23H28N2O4/c1-28-18(26)16-14-21-8-5-12-24-13-11-22(19(21)24)15-6-3-4-7-17(15)25(20(27)29-2)23(16,22)10-9-21/h3-4,6-7,16,19H,5,8-14H2,1-2H3/t16-,19+,21+,22+,23+/m0/s1. The molecule has 6 aliphatic rings. The zero-order valence-electron chi connectivity index (χ0n) is 17.1. The van der Waals surface area contributed by atoms with Gasteiger partial charge in [0, 0.05) is 11.5 Å². The summed E-state index contributed by atoms with van der Waals surface area (Å²) >= 11 is 0. The molecule has 154 valence electrons. The summed E-state index contributed by atoms with van der Waals surface area (Å²) in [6, 6.07) is 8.68. The van der Waals surface area contributed by atoms with E-state index >= 15 is 0 Å². The number of carbonyl (C=O) groups is 2. The van der Waals surface area contributed by atoms with Crippen molar-refractivity contribution in [3.8, 4) is 0 Å². The number of ether oxygens (including phenoxy) is 2. The second-order valence-electron chi connectivity index (χ2n) is 9.65. The third-order valence-corrected chi connectivity index (χ3v) is 9.16. The Balaban J connectivity index is 1.69. The summed E-state index contributed by atoms with van der Waals surface area (Å²) in [6.45, 7) is 2.15. The maximum absolute atomic E-state index is 13.2. The molecule has 0 radical (unpaired) electrons. The van der Waals surface area contributed by atoms with Crippen LogP contribution < -0.4 is 4.90 Å². The van der Waals surface area contributed by atoms with Crippen LogP contribution in [-0.2, 0) is 19.7 Å². The van der Waals surface area contributed by atoms with Crippen molar-refractivity contribution in [3.63, 3.8) is 0 Å². The van der Waals surface area contributed by atoms with Crippen LogP contribution in [0.25, 0.3) is 0 Å². The van der Waals surface area contributed by atoms with Gasteiger partial charge >= 0.3 is 12.1 Å². The topological polar surface area (TPSA) is 59.1 Å². The summed E-state index contributed by atoms with van der Waals surface area (Å²) in [5.74, 6) is -0.491. The van der Waals surface area contributed by atoms with Crippen molar-refractivity contribution in [2.45, 2.75) is 55.5 Å². The van der Waals surface area contributed by atoms with Gasteiger partial charge in [-0.15, -0.1) is 0 Å². The van der Waals surface area contributed by atoms with Crippen LogP contribution in [0.15, 0.2) is 24.3 Å². The largest absolute Gasteiger partial charge is 0.469 e. The third-order valence-electron chi connectivity index (χ3n) is 9.16. The summed E-state index contributed by atoms with van der Waals surface area (Å²) in [5.41, 5.74) is 1.47. The van der Waals surface area contributed by atoms with E-state index in [1.165, 1.54) is 32.6 Å². The lowest BCUT2D eigenvalue weighted by atomic mass is 9.38. The highest BCUT2D eigenvalue weighted by Gasteiger charge is 2.81. The molecule has 3 spiro atoms. The molecule has 1 amide bonds. The average molecular weight is 396 g/mol. The van der Waals surface area contributed by atoms with Crippen LogP contribution in [0.3, 0.4) is 0 Å². The van der Waals surface area contributed by atoms with E-state index in [4.69, 9.17) is 9.47 Å². The number of hydrogen-bond donors (Lipinski definition) is 0. The molecule has 0 unspecified atom stereocenters. The van der Waals surface area contributed by atoms with Gasteiger partial charge in [0.25, 0.3) is 0 Å². The second kappa shape index (κ2) is 5.54. The number of methoxy groups -OCH3 is 2. The molecule has 3 aliphatic carbocycles. The van der Waals surface area contributed by atoms with Crippen LogP contribution in [0.1, 0.15) is 44.1 Å². The molecular weight excluding hydrogens is 368 g/mol. The van der Waals surface area contributed by atoms with Gasteiger partial charge in [0.2, 0.25) is 0 Å². The number of rotatable bonds is 1. The molecule has 1 aromatic rings. The van der Waals surface area contributed by atoms with Crippen LogP contribution in [0.2, 0.25) is 0 Å². The quantitative estimate of drug-likeness (QED) is 0.683. The molecule has 6 heteroatoms. The summed E-state index contributed by atoms with van der Waals surface area (Å²) < 4.78 is 10.7. The van der Waals surface area contributed by atoms with Crippen LogP contribution in [-0.4, -0.2) is 55.9 Å². The molecule has 6 nitrogen and oxygen atoms in total. The van der Waals surface area contributed by atoms with Gasteiger partial charge in [-0.05, 0) is 68.7 Å². The normalized spacial score (nSPS) is 41.5. The lowest BCUT2D eigenvalue weighted by Gasteiger charge is -2.69. The predicted molar refractivity (Wildman–Crippen MR) is 107 cm³/mol. The predicted octanol–water partition coefficient (Wildman–Crippen LogP) is 3.09. The molecule has 5 fully saturated rings. The maximum atomic E-state index is 13.2. The number of nitrogens with zero attached hydrogens (tertiary/aromatic N) is 2. The van der Waals surface area contributed by atoms with Crippen molar-refractivity contribution >= 4 is 17.7 Å². The summed E-state index contributed by atoms with van der Waals surface area (Å²) in [7, 11) is 2.92. The summed E-state index contributed by atoms with van der Waals surface area (Å²) in [4.78, 5) is 31.0. The van der Waals surface area contributed by atoms with E-state index in [2.05, 4.69) is 17.0 Å². The van der Waals surface area contributed by atoms with E-state index in [-0.39, 0.29) is 28.8 Å². The van der Waals surface area contributed by atoms with E-state index in [0.29, 0.717) is 6.04 Å². The first-order chi connectivity index (χ1) is 14.1. The molecule has 7 rings (SSSR count). The Morgan fingerprint density at radius 3 is 2.66 bits per heavy atom. The van der Waals surface area contributed by atoms with E-state index in [1.807, 2.05) is 17.0 Å². The van der Waals surface area contributed by atoms with Crippen LogP contribution in [0.5, 0.6) is 0 Å². The number of carbonyl (C=O) groups excluding carboxylic acids is 2. The van der Waals surface area contributed by atoms with Gasteiger partial charge in [-0.1, -0.05) is 18.2 Å². The first-order valence-electron chi connectivity index (χ1n) is 10.9. The van der Waals surface area contributed by atoms with E-state index in [1.54, 1.807) is 0 Å². The highest BCUT2D eigenvalue weighted by molar-refractivity contribution is 5.97. The Hall–Kier alpha value is -2.08. The fraction of sp³-hybridized carbons (Fsp3) is 0.652. The zero-order chi connectivity index (χ0) is 20.0. The molecule has 3 saturated carbocycles. The molecule has 1 aromatic carbocycles. The number of para-hydroxylation sites is 1. The van der Waals surface area contributed by atoms with Gasteiger partial charge in [0.1, 0.15) is 0 Å². The minimum Gasteiger partial charge on any atom is -0.469 e. The summed E-state index contributed by atoms with van der Waals surface area (Å²) in [6.07, 6.45) is 5.69. The van der Waals surface area contributed by atoms with Gasteiger partial charge in [0.15, 0.2) is 0 Å². The number of benzene rings is 1. The lowest BCUT2D eigenvalue weighted by molar-refractivity contribution is -0.174. The second-order valence-corrected chi connectivity index (χ2v) is 9.65. The Bertz CT molecular complexity index is 918. The monoisotopic (exact) mass is 396 g/mol. The highest BCUT2D eigenvalue weighted by Crippen LogP contribution is 2.75. The van der Waals surface area contributed by atoms with E-state index < -0.39 is 5.54 Å². The smallest absolute Gasteiger partial charge is 0.414 e. The van der Waals surface area contributed by atoms with Gasteiger partial charge in [-0.3, -0.25) is 14.6 Å². The third kappa shape index (κ3) is 1.72. The number of piperidine rings is 1. The number of fused-ring (bicyclic) bond motifs is 3. The minimum absolute atomic E-state index is 0.134. The number of esters is 1. The molecule has 5 atom stereocenters. The summed E-state index contributed by atoms with van der Waals surface area (Å²) in [5, 5.41) is 0. The maximum Gasteiger partial charge on any atom is 0.414 e. The molecule has 0 N–H and O–H groups in total. The number of anilines is 1. The van der Waals surface area contributed by atoms with Crippen LogP contribution in [0.4, 0.5) is 10.5 Å². The highest BCUT2D eigenvalue weighted by atomic mass is 16.5. The van der Waals surface area contributed by atoms with Crippen molar-refractivity contribution in [1.29, 1.82) is 0 Å². The Kier molecular flexibility index (Phi) is 3.39. The van der Waals surface area contributed by atoms with Crippen molar-refractivity contribution in [3.05, 3.63) is 29.8 Å². The molecule has 0 aromatic heterocycles. The SMILES string of the molecule is COC(=O)[C@@H]1C[C@@]23CCCN4CC[C@@]5(c6ccccc6N(C(=O)OC)[C@]15CC2)[C@H]43. The van der Waals surface area contributed by atoms with Gasteiger partial charge in [-0.2, -0.15) is 0 Å². The molecular formula is C23H28N2O4. The Morgan fingerprint density at radius 1 is 1.03 bits per heavy atom. The molecule has 2 saturated heterocycles. The van der Waals surface area contributed by atoms with Gasteiger partial charge in [0.05, 0.1) is 31.4 Å². The van der Waals surface area contributed by atoms with Gasteiger partial charge < -0.3 is 9.47 Å². The van der Waals surface area contributed by atoms with Crippen molar-refractivity contribution in [1.82, 2.24) is 4.90 Å². The molecule has 3 aliphatic heterocycles. The fourth-order valence-electron chi connectivity index (χ4n) is 8.59. The fourth-order valence-corrected chi connectivity index (χ4v) is 8.59. The van der Waals surface area contributed by atoms with E-state index in [0.717, 1.165) is 44.5 Å². The van der Waals surface area contributed by atoms with Gasteiger partial charge in [-0.25, -0.2) is 4.79 Å². The molecule has 29 heavy (non-hydrogen) atoms. The zero-order valence-corrected chi connectivity index (χ0v) is 17.1. The van der Waals surface area contributed by atoms with Crippen molar-refractivity contribution in [2.75, 3.05) is 32.2 Å². The molecule has 2 bridgehead atoms. The minimum atomic E-state index is -0.602. The first kappa shape index (κ1) is 17.8. The van der Waals surface area contributed by atoms with Crippen molar-refractivity contribution in [2.24, 2.45) is 11.3 Å². The number of hydrogen-bond acceptors (Lipinski definition) is 5. The average Bonchev–Trinajstić information content (AvgIpc) is 3.29. The van der Waals surface area contributed by atoms with Crippen LogP contribution >= 0.6 is 0 Å². The van der Waals surface area contributed by atoms with Crippen LogP contribution in [0, 0.1) is 11.3 Å². The Morgan fingerprint density at radius 2 is 1.86 bits per heavy atom. The molecule has 3 heterocycles. The first-order valence-corrected chi connectivity index (χ1v) is 10.9. The van der Waals surface area contributed by atoms with Crippen molar-refractivity contribution < 1.29 is 19.1 Å². The number of amides is 1. The lowest BCUT2D eigenvalue weighted by Crippen LogP contribution is -2.79. The Labute approximate surface area is 171 Å².